The van der Waals surface area contributed by atoms with Gasteiger partial charge < -0.3 is 15.2 Å². The molecule has 2 aromatic carbocycles. The summed E-state index contributed by atoms with van der Waals surface area (Å²) in [7, 11) is 1.65. The van der Waals surface area contributed by atoms with Crippen LogP contribution in [-0.2, 0) is 0 Å². The molecule has 2 atom stereocenters. The lowest BCUT2D eigenvalue weighted by Gasteiger charge is -2.31. The zero-order valence-electron chi connectivity index (χ0n) is 12.1. The smallest absolute Gasteiger partial charge is 0.128 e. The number of fused-ring (bicyclic) bond motifs is 1. The molecule has 2 N–H and O–H groups in total. The average Bonchev–Trinajstić information content (AvgIpc) is 2.49. The highest BCUT2D eigenvalue weighted by molar-refractivity contribution is 9.10. The maximum absolute atomic E-state index is 6.30. The van der Waals surface area contributed by atoms with Crippen LogP contribution in [0.4, 0.5) is 0 Å². The Kier molecular flexibility index (Phi) is 3.91. The predicted molar refractivity (Wildman–Crippen MR) is 86.8 cm³/mol. The molecule has 1 aliphatic heterocycles. The minimum atomic E-state index is -0.0310. The zero-order chi connectivity index (χ0) is 15.0. The first-order valence-electron chi connectivity index (χ1n) is 6.94. The molecule has 1 heterocycles. The summed E-state index contributed by atoms with van der Waals surface area (Å²) in [5, 5.41) is 0. The quantitative estimate of drug-likeness (QED) is 0.881. The highest BCUT2D eigenvalue weighted by atomic mass is 79.9. The number of methoxy groups -OCH3 is 1. The van der Waals surface area contributed by atoms with Crippen molar-refractivity contribution in [3.05, 3.63) is 57.6 Å². The molecule has 0 spiro atoms. The van der Waals surface area contributed by atoms with E-state index in [0.717, 1.165) is 33.5 Å². The first-order valence-corrected chi connectivity index (χ1v) is 7.74. The Morgan fingerprint density at radius 2 is 2.05 bits per heavy atom. The largest absolute Gasteiger partial charge is 0.497 e. The van der Waals surface area contributed by atoms with Crippen molar-refractivity contribution in [2.75, 3.05) is 7.11 Å². The number of ether oxygens (including phenoxy) is 2. The summed E-state index contributed by atoms with van der Waals surface area (Å²) in [6.07, 6.45) is 0.742. The van der Waals surface area contributed by atoms with E-state index in [1.54, 1.807) is 7.11 Å². The minimum absolute atomic E-state index is 0.0234. The molecule has 0 aromatic heterocycles. The minimum Gasteiger partial charge on any atom is -0.497 e. The number of hydrogen-bond donors (Lipinski definition) is 1. The summed E-state index contributed by atoms with van der Waals surface area (Å²) in [5.41, 5.74) is 9.69. The van der Waals surface area contributed by atoms with Crippen molar-refractivity contribution in [3.8, 4) is 11.5 Å². The number of nitrogens with two attached hydrogens (primary N) is 1. The van der Waals surface area contributed by atoms with Crippen molar-refractivity contribution in [3.63, 3.8) is 0 Å². The lowest BCUT2D eigenvalue weighted by Crippen LogP contribution is -2.24. The molecule has 4 heteroatoms. The fourth-order valence-corrected chi connectivity index (χ4v) is 3.02. The van der Waals surface area contributed by atoms with Gasteiger partial charge in [-0.3, -0.25) is 0 Å². The molecular formula is C17H18BrNO2. The average molecular weight is 348 g/mol. The molecular weight excluding hydrogens is 330 g/mol. The lowest BCUT2D eigenvalue weighted by atomic mass is 9.93. The van der Waals surface area contributed by atoms with Crippen LogP contribution in [-0.4, -0.2) is 7.11 Å². The molecule has 0 saturated carbocycles. The van der Waals surface area contributed by atoms with E-state index in [-0.39, 0.29) is 12.1 Å². The normalized spacial score (nSPS) is 20.6. The second-order valence-corrected chi connectivity index (χ2v) is 6.22. The summed E-state index contributed by atoms with van der Waals surface area (Å²) >= 11 is 3.58. The highest BCUT2D eigenvalue weighted by Gasteiger charge is 2.27. The zero-order valence-corrected chi connectivity index (χ0v) is 13.7. The molecule has 2 aromatic rings. The van der Waals surface area contributed by atoms with E-state index in [2.05, 4.69) is 41.1 Å². The van der Waals surface area contributed by atoms with E-state index in [0.29, 0.717) is 0 Å². The Morgan fingerprint density at radius 3 is 2.76 bits per heavy atom. The van der Waals surface area contributed by atoms with Crippen LogP contribution in [0.15, 0.2) is 40.9 Å². The monoisotopic (exact) mass is 347 g/mol. The number of aryl methyl sites for hydroxylation is 1. The van der Waals surface area contributed by atoms with Crippen LogP contribution in [0.3, 0.4) is 0 Å². The molecule has 0 aliphatic carbocycles. The maximum atomic E-state index is 6.30. The first kappa shape index (κ1) is 14.4. The van der Waals surface area contributed by atoms with Gasteiger partial charge in [-0.2, -0.15) is 0 Å². The lowest BCUT2D eigenvalue weighted by molar-refractivity contribution is 0.161. The van der Waals surface area contributed by atoms with E-state index in [1.165, 1.54) is 5.56 Å². The Hall–Kier alpha value is -1.52. The van der Waals surface area contributed by atoms with Crippen molar-refractivity contribution in [2.24, 2.45) is 5.73 Å². The number of halogens is 1. The molecule has 0 radical (unpaired) electrons. The molecule has 0 saturated heterocycles. The van der Waals surface area contributed by atoms with Crippen LogP contribution in [0.5, 0.6) is 11.5 Å². The summed E-state index contributed by atoms with van der Waals surface area (Å²) in [5.74, 6) is 1.60. The van der Waals surface area contributed by atoms with Crippen LogP contribution >= 0.6 is 15.9 Å². The van der Waals surface area contributed by atoms with Crippen molar-refractivity contribution < 1.29 is 9.47 Å². The Balaban J connectivity index is 1.94. The van der Waals surface area contributed by atoms with Crippen LogP contribution in [0.25, 0.3) is 0 Å². The van der Waals surface area contributed by atoms with Crippen molar-refractivity contribution >= 4 is 15.9 Å². The van der Waals surface area contributed by atoms with Crippen LogP contribution < -0.4 is 15.2 Å². The second kappa shape index (κ2) is 5.70. The summed E-state index contributed by atoms with van der Waals surface area (Å²) in [4.78, 5) is 0. The van der Waals surface area contributed by atoms with Crippen molar-refractivity contribution in [1.82, 2.24) is 0 Å². The number of hydrogen-bond acceptors (Lipinski definition) is 3. The van der Waals surface area contributed by atoms with Crippen LogP contribution in [0, 0.1) is 6.92 Å². The molecule has 0 fully saturated rings. The molecule has 0 bridgehead atoms. The summed E-state index contributed by atoms with van der Waals surface area (Å²) < 4.78 is 12.5. The van der Waals surface area contributed by atoms with E-state index in [4.69, 9.17) is 15.2 Å². The molecule has 21 heavy (non-hydrogen) atoms. The topological polar surface area (TPSA) is 44.5 Å². The van der Waals surface area contributed by atoms with Crippen LogP contribution in [0.1, 0.15) is 35.3 Å². The second-order valence-electron chi connectivity index (χ2n) is 5.36. The molecule has 1 unspecified atom stereocenters. The third kappa shape index (κ3) is 2.78. The molecule has 0 amide bonds. The Bertz CT molecular complexity index is 672. The van der Waals surface area contributed by atoms with Gasteiger partial charge in [0.25, 0.3) is 0 Å². The molecule has 3 nitrogen and oxygen atoms in total. The van der Waals surface area contributed by atoms with Gasteiger partial charge in [0, 0.05) is 28.6 Å². The van der Waals surface area contributed by atoms with Crippen molar-refractivity contribution in [2.45, 2.75) is 25.5 Å². The van der Waals surface area contributed by atoms with E-state index < -0.39 is 0 Å². The van der Waals surface area contributed by atoms with Gasteiger partial charge in [-0.15, -0.1) is 0 Å². The van der Waals surface area contributed by atoms with Gasteiger partial charge in [0.15, 0.2) is 0 Å². The fourth-order valence-electron chi connectivity index (χ4n) is 2.62. The Morgan fingerprint density at radius 1 is 1.24 bits per heavy atom. The van der Waals surface area contributed by atoms with Crippen LogP contribution in [0.2, 0.25) is 0 Å². The summed E-state index contributed by atoms with van der Waals surface area (Å²) in [6.45, 7) is 2.07. The molecule has 1 aliphatic rings. The van der Waals surface area contributed by atoms with Gasteiger partial charge in [0.05, 0.1) is 7.11 Å². The van der Waals surface area contributed by atoms with Gasteiger partial charge in [-0.25, -0.2) is 0 Å². The first-order chi connectivity index (χ1) is 10.1. The SMILES string of the molecule is COc1ccc2c(c1)OC(c1ccc(C)c(Br)c1)C[C@@H]2N. The predicted octanol–water partition coefficient (Wildman–Crippen LogP) is 4.29. The van der Waals surface area contributed by atoms with E-state index >= 15 is 0 Å². The maximum Gasteiger partial charge on any atom is 0.128 e. The van der Waals surface area contributed by atoms with Crippen molar-refractivity contribution in [1.29, 1.82) is 0 Å². The standard InChI is InChI=1S/C17H18BrNO2/c1-10-3-4-11(7-14(10)18)16-9-15(19)13-6-5-12(20-2)8-17(13)21-16/h3-8,15-16H,9,19H2,1-2H3/t15-,16?/m0/s1. The fraction of sp³-hybridized carbons (Fsp3) is 0.294. The van der Waals surface area contributed by atoms with Gasteiger partial charge in [0.1, 0.15) is 17.6 Å². The third-order valence-electron chi connectivity index (χ3n) is 3.93. The van der Waals surface area contributed by atoms with Gasteiger partial charge >= 0.3 is 0 Å². The Labute approximate surface area is 133 Å². The van der Waals surface area contributed by atoms with Gasteiger partial charge in [-0.05, 0) is 30.2 Å². The highest BCUT2D eigenvalue weighted by Crippen LogP contribution is 2.41. The molecule has 3 rings (SSSR count). The van der Waals surface area contributed by atoms with Gasteiger partial charge in [0.2, 0.25) is 0 Å². The number of benzene rings is 2. The summed E-state index contributed by atoms with van der Waals surface area (Å²) in [6, 6.07) is 12.1. The van der Waals surface area contributed by atoms with E-state index in [1.807, 2.05) is 18.2 Å². The third-order valence-corrected chi connectivity index (χ3v) is 4.78. The molecule has 110 valence electrons. The van der Waals surface area contributed by atoms with E-state index in [9.17, 15) is 0 Å². The number of rotatable bonds is 2. The van der Waals surface area contributed by atoms with Gasteiger partial charge in [-0.1, -0.05) is 34.1 Å².